The first-order chi connectivity index (χ1) is 14.2. The van der Waals surface area contributed by atoms with Gasteiger partial charge in [0.25, 0.3) is 0 Å². The van der Waals surface area contributed by atoms with Crippen molar-refractivity contribution in [1.29, 1.82) is 0 Å². The van der Waals surface area contributed by atoms with Crippen LogP contribution in [0.3, 0.4) is 0 Å². The number of ether oxygens (including phenoxy) is 1. The fourth-order valence-corrected chi connectivity index (χ4v) is 3.62. The quantitative estimate of drug-likeness (QED) is 0.455. The number of methoxy groups -OCH3 is 1. The molecule has 4 heterocycles. The molecule has 0 saturated heterocycles. The Labute approximate surface area is 170 Å². The van der Waals surface area contributed by atoms with Gasteiger partial charge in [0.1, 0.15) is 24.0 Å². The highest BCUT2D eigenvalue weighted by molar-refractivity contribution is 5.77. The lowest BCUT2D eigenvalue weighted by Gasteiger charge is -2.11. The van der Waals surface area contributed by atoms with Gasteiger partial charge in [0.05, 0.1) is 29.9 Å². The van der Waals surface area contributed by atoms with Crippen LogP contribution in [-0.2, 0) is 19.9 Å². The van der Waals surface area contributed by atoms with Crippen LogP contribution in [0.25, 0.3) is 28.5 Å². The Morgan fingerprint density at radius 1 is 1.21 bits per heavy atom. The second-order valence-corrected chi connectivity index (χ2v) is 6.64. The molecule has 7 heteroatoms. The van der Waals surface area contributed by atoms with Gasteiger partial charge < -0.3 is 13.7 Å². The molecular formula is C22H25N5O2. The normalized spacial score (nSPS) is 11.6. The van der Waals surface area contributed by atoms with Crippen LogP contribution >= 0.6 is 0 Å². The predicted molar refractivity (Wildman–Crippen MR) is 111 cm³/mol. The number of rotatable bonds is 3. The summed E-state index contributed by atoms with van der Waals surface area (Å²) in [4.78, 5) is 9.20. The van der Waals surface area contributed by atoms with Gasteiger partial charge in [0, 0.05) is 30.8 Å². The van der Waals surface area contributed by atoms with E-state index in [9.17, 15) is 0 Å². The van der Waals surface area contributed by atoms with Crippen LogP contribution in [0.5, 0.6) is 5.75 Å². The molecule has 7 nitrogen and oxygen atoms in total. The molecule has 0 radical (unpaired) electrons. The minimum Gasteiger partial charge on any atom is -0.497 e. The van der Waals surface area contributed by atoms with Crippen LogP contribution in [-0.4, -0.2) is 31.4 Å². The van der Waals surface area contributed by atoms with E-state index in [0.29, 0.717) is 12.3 Å². The summed E-state index contributed by atoms with van der Waals surface area (Å²) >= 11 is 0. The number of aromatic nitrogens is 5. The fourth-order valence-electron chi connectivity index (χ4n) is 3.62. The van der Waals surface area contributed by atoms with Crippen molar-refractivity contribution in [3.63, 3.8) is 0 Å². The summed E-state index contributed by atoms with van der Waals surface area (Å²) in [6.45, 7) is 6.06. The molecule has 0 spiro atoms. The van der Waals surface area contributed by atoms with E-state index in [1.807, 2.05) is 50.1 Å². The Bertz CT molecular complexity index is 1150. The number of benzene rings is 1. The highest BCUT2D eigenvalue weighted by atomic mass is 16.5. The summed E-state index contributed by atoms with van der Waals surface area (Å²) in [5.74, 6) is 1.36. The van der Waals surface area contributed by atoms with Crippen LogP contribution in [0.1, 0.15) is 37.7 Å². The Morgan fingerprint density at radius 2 is 2.03 bits per heavy atom. The Hall–Kier alpha value is -3.35. The molecule has 0 bridgehead atoms. The van der Waals surface area contributed by atoms with E-state index >= 15 is 0 Å². The van der Waals surface area contributed by atoms with Gasteiger partial charge >= 0.3 is 0 Å². The molecule has 1 aliphatic heterocycles. The molecule has 0 amide bonds. The zero-order valence-electron chi connectivity index (χ0n) is 17.4. The van der Waals surface area contributed by atoms with Gasteiger partial charge in [-0.2, -0.15) is 5.10 Å². The van der Waals surface area contributed by atoms with Crippen LogP contribution in [0.2, 0.25) is 0 Å². The first kappa shape index (κ1) is 19.0. The van der Waals surface area contributed by atoms with Gasteiger partial charge in [-0.15, -0.1) is 0 Å². The van der Waals surface area contributed by atoms with E-state index in [0.717, 1.165) is 51.8 Å². The van der Waals surface area contributed by atoms with Crippen molar-refractivity contribution in [1.82, 2.24) is 24.3 Å². The van der Waals surface area contributed by atoms with Crippen molar-refractivity contribution in [3.05, 3.63) is 53.9 Å². The number of nitrogens with zero attached hydrogens (tertiary/aromatic N) is 5. The summed E-state index contributed by atoms with van der Waals surface area (Å²) in [5.41, 5.74) is 6.87. The summed E-state index contributed by atoms with van der Waals surface area (Å²) in [6, 6.07) is 6.02. The van der Waals surface area contributed by atoms with Gasteiger partial charge in [0.2, 0.25) is 5.89 Å². The van der Waals surface area contributed by atoms with E-state index in [1.54, 1.807) is 13.4 Å². The van der Waals surface area contributed by atoms with Gasteiger partial charge in [0.15, 0.2) is 0 Å². The molecule has 5 rings (SSSR count). The third-order valence-electron chi connectivity index (χ3n) is 4.96. The zero-order chi connectivity index (χ0) is 20.5. The molecule has 0 unspecified atom stereocenters. The van der Waals surface area contributed by atoms with Gasteiger partial charge in [-0.1, -0.05) is 20.8 Å². The molecule has 0 N–H and O–H groups in total. The SMILES string of the molecule is CC.CCc1coc(-c2ncn3c2Cc2cn(C)nc2-c2cc(OC)ccc2-3)n1. The summed E-state index contributed by atoms with van der Waals surface area (Å²) in [7, 11) is 3.61. The number of oxazole rings is 1. The van der Waals surface area contributed by atoms with Crippen molar-refractivity contribution in [2.45, 2.75) is 33.6 Å². The van der Waals surface area contributed by atoms with Crippen LogP contribution in [0, 0.1) is 0 Å². The maximum Gasteiger partial charge on any atom is 0.247 e. The van der Waals surface area contributed by atoms with Crippen LogP contribution in [0.4, 0.5) is 0 Å². The zero-order valence-corrected chi connectivity index (χ0v) is 17.4. The topological polar surface area (TPSA) is 70.9 Å². The number of hydrogen-bond acceptors (Lipinski definition) is 5. The summed E-state index contributed by atoms with van der Waals surface area (Å²) < 4.78 is 15.1. The Morgan fingerprint density at radius 3 is 2.76 bits per heavy atom. The highest BCUT2D eigenvalue weighted by Gasteiger charge is 2.27. The predicted octanol–water partition coefficient (Wildman–Crippen LogP) is 4.43. The largest absolute Gasteiger partial charge is 0.497 e. The lowest BCUT2D eigenvalue weighted by molar-refractivity contribution is 0.415. The van der Waals surface area contributed by atoms with E-state index in [-0.39, 0.29) is 0 Å². The molecule has 0 fully saturated rings. The third kappa shape index (κ3) is 3.12. The van der Waals surface area contributed by atoms with Crippen molar-refractivity contribution in [2.24, 2.45) is 7.05 Å². The molecule has 0 atom stereocenters. The lowest BCUT2D eigenvalue weighted by Crippen LogP contribution is -2.00. The molecule has 0 aliphatic carbocycles. The molecule has 4 aromatic rings. The molecule has 3 aromatic heterocycles. The van der Waals surface area contributed by atoms with Crippen molar-refractivity contribution >= 4 is 0 Å². The Kier molecular flexibility index (Phi) is 4.96. The molecule has 150 valence electrons. The molecule has 1 aromatic carbocycles. The maximum absolute atomic E-state index is 5.70. The smallest absolute Gasteiger partial charge is 0.247 e. The van der Waals surface area contributed by atoms with E-state index in [1.165, 1.54) is 0 Å². The van der Waals surface area contributed by atoms with E-state index in [4.69, 9.17) is 14.3 Å². The summed E-state index contributed by atoms with van der Waals surface area (Å²) in [5, 5.41) is 4.70. The standard InChI is InChI=1S/C20H19N5O2.C2H6/c1-4-13-10-27-20(22-13)19-17-7-12-9-24(2)23-18(12)15-8-14(26-3)5-6-16(15)25(17)11-21-19;1-2/h5-6,8-11H,4,7H2,1-3H3;1-2H3. The van der Waals surface area contributed by atoms with Crippen molar-refractivity contribution in [2.75, 3.05) is 7.11 Å². The van der Waals surface area contributed by atoms with Crippen molar-refractivity contribution in [3.8, 4) is 34.3 Å². The average molecular weight is 391 g/mol. The van der Waals surface area contributed by atoms with E-state index in [2.05, 4.69) is 27.7 Å². The maximum atomic E-state index is 5.70. The van der Waals surface area contributed by atoms with Crippen molar-refractivity contribution < 1.29 is 9.15 Å². The lowest BCUT2D eigenvalue weighted by atomic mass is 10.0. The van der Waals surface area contributed by atoms with Gasteiger partial charge in [-0.3, -0.25) is 4.68 Å². The monoisotopic (exact) mass is 391 g/mol. The number of fused-ring (bicyclic) bond motifs is 5. The molecule has 1 aliphatic rings. The number of aryl methyl sites for hydroxylation is 2. The minimum atomic E-state index is 0.558. The first-order valence-electron chi connectivity index (χ1n) is 9.90. The second-order valence-electron chi connectivity index (χ2n) is 6.64. The fraction of sp³-hybridized carbons (Fsp3) is 0.318. The average Bonchev–Trinajstić information content (AvgIpc) is 3.46. The molecular weight excluding hydrogens is 366 g/mol. The van der Waals surface area contributed by atoms with Gasteiger partial charge in [-0.05, 0) is 24.6 Å². The molecule has 0 saturated carbocycles. The number of hydrogen-bond donors (Lipinski definition) is 0. The van der Waals surface area contributed by atoms with E-state index < -0.39 is 0 Å². The molecule has 29 heavy (non-hydrogen) atoms. The Balaban J connectivity index is 0.000000994. The van der Waals surface area contributed by atoms with Crippen LogP contribution < -0.4 is 4.74 Å². The highest BCUT2D eigenvalue weighted by Crippen LogP contribution is 2.38. The minimum absolute atomic E-state index is 0.558. The van der Waals surface area contributed by atoms with Gasteiger partial charge in [-0.25, -0.2) is 9.97 Å². The third-order valence-corrected chi connectivity index (χ3v) is 4.96. The first-order valence-corrected chi connectivity index (χ1v) is 9.90. The second kappa shape index (κ2) is 7.58. The van der Waals surface area contributed by atoms with Crippen LogP contribution in [0.15, 0.2) is 41.4 Å². The number of imidazole rings is 1. The summed E-state index contributed by atoms with van der Waals surface area (Å²) in [6.07, 6.45) is 7.11.